The SMILES string of the molecule is COc1ccc2c(c1)[C@]1(C[C@H]1c1ccc3c(/C=C/c4ccc(CN5CCCCC5)nc4)n[nH]c3c1)C(=O)N2.O=C(O)C(F)(F)F. The van der Waals surface area contributed by atoms with Crippen LogP contribution >= 0.6 is 0 Å². The third kappa shape index (κ3) is 6.15. The second-order valence-corrected chi connectivity index (χ2v) is 11.6. The summed E-state index contributed by atoms with van der Waals surface area (Å²) in [5, 5.41) is 19.0. The molecule has 12 heteroatoms. The number of hydrogen-bond donors (Lipinski definition) is 3. The first-order chi connectivity index (χ1) is 21.6. The van der Waals surface area contributed by atoms with Gasteiger partial charge in [-0.25, -0.2) is 4.79 Å². The number of carbonyl (C=O) groups excluding carboxylic acids is 1. The number of anilines is 1. The van der Waals surface area contributed by atoms with Crippen LogP contribution in [0.5, 0.6) is 5.75 Å². The molecule has 1 spiro atoms. The summed E-state index contributed by atoms with van der Waals surface area (Å²) in [5.74, 6) is -1.77. The van der Waals surface area contributed by atoms with Crippen molar-refractivity contribution in [1.82, 2.24) is 20.1 Å². The molecular weight excluding hydrogens is 587 g/mol. The third-order valence-corrected chi connectivity index (χ3v) is 8.70. The van der Waals surface area contributed by atoms with Crippen molar-refractivity contribution < 1.29 is 32.6 Å². The van der Waals surface area contributed by atoms with E-state index in [4.69, 9.17) is 14.6 Å². The minimum Gasteiger partial charge on any atom is -0.497 e. The molecule has 4 heterocycles. The lowest BCUT2D eigenvalue weighted by Crippen LogP contribution is -2.29. The summed E-state index contributed by atoms with van der Waals surface area (Å²) in [6, 6.07) is 16.5. The summed E-state index contributed by atoms with van der Waals surface area (Å²) in [6.45, 7) is 3.28. The molecule has 0 radical (unpaired) electrons. The number of aromatic amines is 1. The van der Waals surface area contributed by atoms with Gasteiger partial charge in [-0.2, -0.15) is 18.3 Å². The molecule has 3 aliphatic rings. The van der Waals surface area contributed by atoms with Crippen LogP contribution in [0, 0.1) is 0 Å². The summed E-state index contributed by atoms with van der Waals surface area (Å²) < 4.78 is 37.2. The first-order valence-electron chi connectivity index (χ1n) is 14.7. The van der Waals surface area contributed by atoms with Crippen molar-refractivity contribution in [2.45, 2.75) is 49.7 Å². The molecule has 0 unspecified atom stereocenters. The van der Waals surface area contributed by atoms with E-state index in [2.05, 4.69) is 61.8 Å². The van der Waals surface area contributed by atoms with E-state index >= 15 is 0 Å². The summed E-state index contributed by atoms with van der Waals surface area (Å²) in [7, 11) is 1.66. The first-order valence-corrected chi connectivity index (χ1v) is 14.7. The summed E-state index contributed by atoms with van der Waals surface area (Å²) in [6.07, 6.45) is 5.68. The lowest BCUT2D eigenvalue weighted by molar-refractivity contribution is -0.192. The minimum absolute atomic E-state index is 0.0784. The maximum atomic E-state index is 13.0. The van der Waals surface area contributed by atoms with Crippen molar-refractivity contribution in [2.75, 3.05) is 25.5 Å². The van der Waals surface area contributed by atoms with Gasteiger partial charge in [0.25, 0.3) is 0 Å². The second-order valence-electron chi connectivity index (χ2n) is 11.6. The van der Waals surface area contributed by atoms with Crippen molar-refractivity contribution >= 4 is 40.6 Å². The van der Waals surface area contributed by atoms with Crippen LogP contribution in [0.3, 0.4) is 0 Å². The second kappa shape index (κ2) is 12.0. The van der Waals surface area contributed by atoms with Gasteiger partial charge in [0.2, 0.25) is 5.91 Å². The molecule has 2 aromatic heterocycles. The predicted octanol–water partition coefficient (Wildman–Crippen LogP) is 6.13. The number of nitrogens with zero attached hydrogens (tertiary/aromatic N) is 3. The molecule has 45 heavy (non-hydrogen) atoms. The number of piperidine rings is 1. The molecule has 234 valence electrons. The molecular formula is C33H32F3N5O4. The van der Waals surface area contributed by atoms with Gasteiger partial charge in [0.1, 0.15) is 5.75 Å². The Kier molecular flexibility index (Phi) is 8.08. The Morgan fingerprint density at radius 1 is 1.11 bits per heavy atom. The molecule has 2 atom stereocenters. The van der Waals surface area contributed by atoms with Crippen LogP contribution in [0.15, 0.2) is 54.7 Å². The van der Waals surface area contributed by atoms with Crippen LogP contribution in [0.2, 0.25) is 0 Å². The molecule has 0 bridgehead atoms. The predicted molar refractivity (Wildman–Crippen MR) is 163 cm³/mol. The van der Waals surface area contributed by atoms with E-state index in [1.807, 2.05) is 30.5 Å². The molecule has 9 nitrogen and oxygen atoms in total. The highest BCUT2D eigenvalue weighted by molar-refractivity contribution is 6.10. The number of ether oxygens (including phenoxy) is 1. The van der Waals surface area contributed by atoms with Gasteiger partial charge in [-0.15, -0.1) is 0 Å². The van der Waals surface area contributed by atoms with E-state index in [-0.39, 0.29) is 11.8 Å². The summed E-state index contributed by atoms with van der Waals surface area (Å²) in [4.78, 5) is 29.1. The number of carboxylic acids is 1. The number of benzene rings is 2. The van der Waals surface area contributed by atoms with Crippen molar-refractivity contribution in [3.05, 3.63) is 82.8 Å². The number of hydrogen-bond acceptors (Lipinski definition) is 6. The van der Waals surface area contributed by atoms with E-state index in [0.717, 1.165) is 63.4 Å². The number of carboxylic acid groups (broad SMARTS) is 1. The summed E-state index contributed by atoms with van der Waals surface area (Å²) in [5.41, 5.74) is 6.62. The molecule has 1 amide bonds. The standard InChI is InChI=1S/C31H31N5O2.C2HF3O2/c1-38-23-9-12-28-25(16-23)31(30(37)33-28)17-26(31)21-7-10-24-27(34-35-29(24)15-21)11-6-20-5-8-22(32-18-20)19-36-13-3-2-4-14-36;3-2(4,5)1(6)7/h5-12,15-16,18,26H,2-4,13-14,17,19H2,1H3,(H,33,37)(H,34,35);(H,6,7)/b11-6+;/t26-,31-;/m0./s1. The van der Waals surface area contributed by atoms with E-state index in [0.29, 0.717) is 0 Å². The number of halogens is 3. The largest absolute Gasteiger partial charge is 0.497 e. The Balaban J connectivity index is 0.000000460. The highest BCUT2D eigenvalue weighted by Gasteiger charge is 2.65. The van der Waals surface area contributed by atoms with E-state index in [9.17, 15) is 18.0 Å². The molecule has 4 aromatic rings. The van der Waals surface area contributed by atoms with Crippen LogP contribution in [0.4, 0.5) is 18.9 Å². The molecule has 2 aliphatic heterocycles. The van der Waals surface area contributed by atoms with Gasteiger partial charge in [-0.3, -0.25) is 19.8 Å². The normalized spacial score (nSPS) is 21.0. The van der Waals surface area contributed by atoms with Gasteiger partial charge in [0, 0.05) is 29.7 Å². The van der Waals surface area contributed by atoms with Gasteiger partial charge in [0.15, 0.2) is 0 Å². The van der Waals surface area contributed by atoms with Crippen molar-refractivity contribution in [3.63, 3.8) is 0 Å². The topological polar surface area (TPSA) is 120 Å². The van der Waals surface area contributed by atoms with Crippen molar-refractivity contribution in [1.29, 1.82) is 0 Å². The number of pyridine rings is 1. The third-order valence-electron chi connectivity index (χ3n) is 8.70. The highest BCUT2D eigenvalue weighted by Crippen LogP contribution is 2.65. The van der Waals surface area contributed by atoms with Gasteiger partial charge in [-0.1, -0.05) is 30.7 Å². The first kappa shape index (κ1) is 30.3. The molecule has 1 aliphatic carbocycles. The van der Waals surface area contributed by atoms with Crippen LogP contribution in [-0.2, 0) is 21.5 Å². The number of likely N-dealkylation sites (tertiary alicyclic amines) is 1. The van der Waals surface area contributed by atoms with Gasteiger partial charge in [0.05, 0.1) is 29.4 Å². The van der Waals surface area contributed by atoms with Crippen LogP contribution in [0.25, 0.3) is 23.1 Å². The summed E-state index contributed by atoms with van der Waals surface area (Å²) >= 11 is 0. The molecule has 1 saturated carbocycles. The van der Waals surface area contributed by atoms with Gasteiger partial charge >= 0.3 is 12.1 Å². The fraction of sp³-hybridized carbons (Fsp3) is 0.333. The fourth-order valence-corrected chi connectivity index (χ4v) is 6.25. The Labute approximate surface area is 257 Å². The molecule has 2 aromatic carbocycles. The number of nitrogens with one attached hydrogen (secondary N) is 2. The Morgan fingerprint density at radius 3 is 2.58 bits per heavy atom. The maximum absolute atomic E-state index is 13.0. The highest BCUT2D eigenvalue weighted by atomic mass is 19.4. The lowest BCUT2D eigenvalue weighted by Gasteiger charge is -2.25. The number of fused-ring (bicyclic) bond motifs is 3. The van der Waals surface area contributed by atoms with E-state index < -0.39 is 17.6 Å². The number of aromatic nitrogens is 3. The lowest BCUT2D eigenvalue weighted by atomic mass is 9.91. The smallest absolute Gasteiger partial charge is 0.490 e. The van der Waals surface area contributed by atoms with Crippen LogP contribution in [-0.4, -0.2) is 63.4 Å². The van der Waals surface area contributed by atoms with E-state index in [1.54, 1.807) is 7.11 Å². The zero-order chi connectivity index (χ0) is 31.8. The van der Waals surface area contributed by atoms with Gasteiger partial charge in [-0.05, 0) is 85.5 Å². The number of rotatable bonds is 6. The molecule has 3 N–H and O–H groups in total. The van der Waals surface area contributed by atoms with Crippen molar-refractivity contribution in [2.24, 2.45) is 0 Å². The van der Waals surface area contributed by atoms with Gasteiger partial charge < -0.3 is 15.2 Å². The zero-order valence-electron chi connectivity index (χ0n) is 24.5. The van der Waals surface area contributed by atoms with E-state index in [1.165, 1.54) is 32.4 Å². The minimum atomic E-state index is -5.08. The maximum Gasteiger partial charge on any atom is 0.490 e. The Morgan fingerprint density at radius 2 is 1.89 bits per heavy atom. The Bertz CT molecular complexity index is 1760. The quantitative estimate of drug-likeness (QED) is 0.237. The average Bonchev–Trinajstić information content (AvgIpc) is 3.57. The number of aliphatic carboxylic acids is 1. The van der Waals surface area contributed by atoms with Crippen molar-refractivity contribution in [3.8, 4) is 5.75 Å². The number of alkyl halides is 3. The number of H-pyrrole nitrogens is 1. The molecule has 1 saturated heterocycles. The Hall–Kier alpha value is -4.71. The number of methoxy groups -OCH3 is 1. The van der Waals surface area contributed by atoms with Crippen LogP contribution in [0.1, 0.15) is 59.7 Å². The molecule has 2 fully saturated rings. The monoisotopic (exact) mass is 619 g/mol. The molecule has 7 rings (SSSR count). The number of carbonyl (C=O) groups is 2. The number of amides is 1. The fourth-order valence-electron chi connectivity index (χ4n) is 6.25. The zero-order valence-corrected chi connectivity index (χ0v) is 24.5. The average molecular weight is 620 g/mol. The van der Waals surface area contributed by atoms with Crippen LogP contribution < -0.4 is 10.1 Å².